The lowest BCUT2D eigenvalue weighted by molar-refractivity contribution is -0.401. The Labute approximate surface area is 162 Å². The molecule has 1 aliphatic heterocycles. The molecule has 11 N–H and O–H groups in total. The number of halogens is 2. The Balaban J connectivity index is 2.98. The van der Waals surface area contributed by atoms with E-state index in [9.17, 15) is 43.6 Å². The van der Waals surface area contributed by atoms with Crippen molar-refractivity contribution >= 4 is 17.8 Å². The van der Waals surface area contributed by atoms with Crippen LogP contribution in [-0.4, -0.2) is 110 Å². The van der Waals surface area contributed by atoms with E-state index >= 15 is 0 Å². The third-order valence-corrected chi connectivity index (χ3v) is 4.23. The average Bonchev–Trinajstić information content (AvgIpc) is 2.65. The Hall–Kier alpha value is -2.01. The molecule has 2 amide bonds. The van der Waals surface area contributed by atoms with Gasteiger partial charge in [0.15, 0.2) is 6.04 Å². The number of aliphatic hydroxyl groups excluding tert-OH is 4. The molecule has 1 aliphatic rings. The van der Waals surface area contributed by atoms with Gasteiger partial charge in [0.25, 0.3) is 17.6 Å². The topological polar surface area (TPSA) is 234 Å². The van der Waals surface area contributed by atoms with Crippen molar-refractivity contribution in [3.8, 4) is 0 Å². The van der Waals surface area contributed by atoms with Crippen LogP contribution in [0.15, 0.2) is 0 Å². The molecular weight excluding hydrogens is 408 g/mol. The molecule has 0 radical (unpaired) electrons. The minimum absolute atomic E-state index is 0.842. The van der Waals surface area contributed by atoms with E-state index in [-0.39, 0.29) is 0 Å². The summed E-state index contributed by atoms with van der Waals surface area (Å²) in [6.45, 7) is -0.861. The number of hydrogen-bond donors (Lipinski definition) is 9. The van der Waals surface area contributed by atoms with Gasteiger partial charge in [-0.1, -0.05) is 0 Å². The predicted octanol–water partition coefficient (Wildman–Crippen LogP) is -5.90. The predicted molar refractivity (Wildman–Crippen MR) is 84.8 cm³/mol. The number of amides is 2. The molecule has 0 aromatic heterocycles. The van der Waals surface area contributed by atoms with Crippen LogP contribution in [0.2, 0.25) is 0 Å². The number of carboxylic acids is 1. The van der Waals surface area contributed by atoms with Crippen molar-refractivity contribution in [3.63, 3.8) is 0 Å². The fourth-order valence-corrected chi connectivity index (χ4v) is 2.40. The summed E-state index contributed by atoms with van der Waals surface area (Å²) in [6.07, 6.45) is -9.30. The van der Waals surface area contributed by atoms with Crippen molar-refractivity contribution in [2.24, 2.45) is 0 Å². The summed E-state index contributed by atoms with van der Waals surface area (Å²) in [5.41, 5.74) is 3.34. The molecule has 0 bridgehead atoms. The zero-order valence-electron chi connectivity index (χ0n) is 15.2. The van der Waals surface area contributed by atoms with E-state index in [1.165, 1.54) is 12.2 Å². The third kappa shape index (κ3) is 4.95. The maximum absolute atomic E-state index is 14.5. The number of nitrogens with one attached hydrogen (secondary N) is 2. The quantitative estimate of drug-likeness (QED) is 0.176. The Morgan fingerprint density at radius 3 is 2.24 bits per heavy atom. The van der Waals surface area contributed by atoms with Crippen LogP contribution in [0, 0.1) is 0 Å². The van der Waals surface area contributed by atoms with Gasteiger partial charge in [-0.05, 0) is 6.92 Å². The lowest BCUT2D eigenvalue weighted by Gasteiger charge is -2.47. The van der Waals surface area contributed by atoms with Gasteiger partial charge in [0, 0.05) is 6.54 Å². The second-order valence-electron chi connectivity index (χ2n) is 6.55. The van der Waals surface area contributed by atoms with Gasteiger partial charge in [0.1, 0.15) is 30.5 Å². The number of alkyl halides is 2. The second kappa shape index (κ2) is 9.21. The van der Waals surface area contributed by atoms with Gasteiger partial charge in [0.05, 0.1) is 6.61 Å². The van der Waals surface area contributed by atoms with Gasteiger partial charge >= 0.3 is 11.9 Å². The molecule has 29 heavy (non-hydrogen) atoms. The average molecular weight is 432 g/mol. The Morgan fingerprint density at radius 2 is 1.79 bits per heavy atom. The van der Waals surface area contributed by atoms with E-state index in [4.69, 9.17) is 10.2 Å². The van der Waals surface area contributed by atoms with E-state index in [0.29, 0.717) is 0 Å². The molecule has 0 aromatic carbocycles. The first-order valence-corrected chi connectivity index (χ1v) is 8.28. The summed E-state index contributed by atoms with van der Waals surface area (Å²) >= 11 is 0. The van der Waals surface area contributed by atoms with Crippen LogP contribution in [-0.2, 0) is 19.1 Å². The van der Waals surface area contributed by atoms with Crippen LogP contribution in [0.1, 0.15) is 6.92 Å². The molecule has 15 heteroatoms. The van der Waals surface area contributed by atoms with Gasteiger partial charge in [-0.2, -0.15) is 8.78 Å². The number of carbonyl (C=O) groups excluding carboxylic acids is 2. The number of aliphatic carboxylic acids is 1. The summed E-state index contributed by atoms with van der Waals surface area (Å²) in [5, 5.41) is 60.4. The van der Waals surface area contributed by atoms with Crippen molar-refractivity contribution in [1.82, 2.24) is 10.6 Å². The highest BCUT2D eigenvalue weighted by molar-refractivity contribution is 5.88. The monoisotopic (exact) mass is 432 g/mol. The normalized spacial score (nSPS) is 32.2. The molecule has 0 unspecified atom stereocenters. The van der Waals surface area contributed by atoms with Gasteiger partial charge in [-0.3, -0.25) is 9.59 Å². The summed E-state index contributed by atoms with van der Waals surface area (Å²) in [5.74, 6) is -13.9. The number of aliphatic hydroxyl groups is 5. The first-order chi connectivity index (χ1) is 13.2. The van der Waals surface area contributed by atoms with E-state index < -0.39 is 79.1 Å². The van der Waals surface area contributed by atoms with Crippen molar-refractivity contribution in [2.75, 3.05) is 13.2 Å². The molecule has 0 aliphatic carbocycles. The second-order valence-corrected chi connectivity index (χ2v) is 6.55. The highest BCUT2D eigenvalue weighted by Gasteiger charge is 2.69. The summed E-state index contributed by atoms with van der Waals surface area (Å²) in [7, 11) is 0. The largest absolute Gasteiger partial charge is 0.480 e. The highest BCUT2D eigenvalue weighted by Crippen LogP contribution is 2.39. The molecule has 0 spiro atoms. The van der Waals surface area contributed by atoms with E-state index in [1.54, 1.807) is 0 Å². The van der Waals surface area contributed by atoms with Gasteiger partial charge in [-0.15, -0.1) is 0 Å². The van der Waals surface area contributed by atoms with Crippen LogP contribution >= 0.6 is 0 Å². The molecule has 1 fully saturated rings. The Bertz CT molecular complexity index is 635. The van der Waals surface area contributed by atoms with Crippen molar-refractivity contribution in [2.45, 2.75) is 55.1 Å². The summed E-state index contributed by atoms with van der Waals surface area (Å²) in [4.78, 5) is 34.5. The molecule has 13 nitrogen and oxygen atoms in total. The van der Waals surface area contributed by atoms with Crippen molar-refractivity contribution in [1.29, 1.82) is 0 Å². The standard InChI is InChI=1S/C14H23F2N3O10/c1-4(17)10(24)19-5(11(25)26)2-18-12(27)13(15,16)14(28)9(23)8(22)7(21)6(3-20)29-14/h4-9,20-23,28H,2-3,17H2,1H3,(H,18,27)(H,19,24)(H,25,26)/p+1/t4-,5+,6-,7+,8+,9-,14-/m1/s1. The third-order valence-electron chi connectivity index (χ3n) is 4.23. The summed E-state index contributed by atoms with van der Waals surface area (Å²) in [6, 6.07) is -2.71. The molecule has 1 rings (SSSR count). The number of hydrogen-bond acceptors (Lipinski definition) is 9. The number of carboxylic acid groups (broad SMARTS) is 1. The Kier molecular flexibility index (Phi) is 7.94. The van der Waals surface area contributed by atoms with E-state index in [0.717, 1.165) is 0 Å². The summed E-state index contributed by atoms with van der Waals surface area (Å²) < 4.78 is 33.4. The SMILES string of the molecule is C[C@@H]([NH3+])C(=O)N[C@@H](CNC(=O)C(F)(F)[C@]1(O)O[C@H](CO)[C@H](O)[C@H](O)[C@H]1O)C(=O)O. The fraction of sp³-hybridized carbons (Fsp3) is 0.786. The molecule has 1 heterocycles. The molecule has 0 saturated carbocycles. The van der Waals surface area contributed by atoms with Crippen LogP contribution in [0.4, 0.5) is 8.78 Å². The number of rotatable bonds is 8. The zero-order valence-corrected chi connectivity index (χ0v) is 15.2. The number of ether oxygens (including phenoxy) is 1. The molecule has 0 aromatic rings. The minimum Gasteiger partial charge on any atom is -0.480 e. The fourth-order valence-electron chi connectivity index (χ4n) is 2.40. The molecular formula is C14H24F2N3O10+. The molecule has 1 saturated heterocycles. The van der Waals surface area contributed by atoms with Gasteiger partial charge in [-0.25, -0.2) is 4.79 Å². The Morgan fingerprint density at radius 1 is 1.24 bits per heavy atom. The maximum Gasteiger partial charge on any atom is 0.379 e. The first kappa shape index (κ1) is 25.0. The lowest BCUT2D eigenvalue weighted by Crippen LogP contribution is -2.74. The van der Waals surface area contributed by atoms with Gasteiger partial charge < -0.3 is 51.7 Å². The minimum atomic E-state index is -4.98. The molecule has 168 valence electrons. The van der Waals surface area contributed by atoms with Crippen LogP contribution < -0.4 is 16.4 Å². The van der Waals surface area contributed by atoms with Crippen LogP contribution in [0.3, 0.4) is 0 Å². The van der Waals surface area contributed by atoms with E-state index in [2.05, 4.69) is 10.5 Å². The maximum atomic E-state index is 14.5. The van der Waals surface area contributed by atoms with Crippen LogP contribution in [0.25, 0.3) is 0 Å². The number of quaternary nitrogens is 1. The highest BCUT2D eigenvalue weighted by atomic mass is 19.3. The first-order valence-electron chi connectivity index (χ1n) is 8.28. The van der Waals surface area contributed by atoms with Crippen LogP contribution in [0.5, 0.6) is 0 Å². The number of carbonyl (C=O) groups is 3. The van der Waals surface area contributed by atoms with Crippen molar-refractivity contribution < 1.29 is 64.3 Å². The lowest BCUT2D eigenvalue weighted by atomic mass is 9.88. The zero-order chi connectivity index (χ0) is 22.7. The molecule has 7 atom stereocenters. The van der Waals surface area contributed by atoms with Gasteiger partial charge in [0.2, 0.25) is 0 Å². The van der Waals surface area contributed by atoms with Crippen molar-refractivity contribution in [3.05, 3.63) is 0 Å². The smallest absolute Gasteiger partial charge is 0.379 e. The van der Waals surface area contributed by atoms with E-state index in [1.807, 2.05) is 5.32 Å².